The minimum atomic E-state index is 0.958. The van der Waals surface area contributed by atoms with Crippen LogP contribution in [0.25, 0.3) is 0 Å². The van der Waals surface area contributed by atoms with Gasteiger partial charge in [-0.05, 0) is 45.2 Å². The van der Waals surface area contributed by atoms with Gasteiger partial charge in [0.2, 0.25) is 0 Å². The van der Waals surface area contributed by atoms with Crippen LogP contribution >= 0.6 is 0 Å². The number of rotatable bonds is 13. The Hall–Kier alpha value is -0.0800. The van der Waals surface area contributed by atoms with Crippen molar-refractivity contribution < 1.29 is 4.74 Å². The highest BCUT2D eigenvalue weighted by Gasteiger charge is 1.91. The Morgan fingerprint density at radius 1 is 0.688 bits per heavy atom. The minimum absolute atomic E-state index is 0.958. The topological polar surface area (TPSA) is 21.3 Å². The number of hydrogen-bond donors (Lipinski definition) is 1. The molecule has 0 aliphatic rings. The van der Waals surface area contributed by atoms with Crippen LogP contribution < -0.4 is 5.32 Å². The zero-order chi connectivity index (χ0) is 11.9. The Morgan fingerprint density at radius 2 is 1.38 bits per heavy atom. The molecule has 98 valence electrons. The maximum Gasteiger partial charge on any atom is 0.0466 e. The molecule has 0 bridgehead atoms. The van der Waals surface area contributed by atoms with E-state index >= 15 is 0 Å². The Kier molecular flexibility index (Phi) is 14.8. The van der Waals surface area contributed by atoms with Gasteiger partial charge in [0.15, 0.2) is 0 Å². The maximum atomic E-state index is 5.59. The zero-order valence-corrected chi connectivity index (χ0v) is 11.4. The van der Waals surface area contributed by atoms with Gasteiger partial charge >= 0.3 is 0 Å². The second-order valence-electron chi connectivity index (χ2n) is 4.48. The van der Waals surface area contributed by atoms with E-state index in [0.29, 0.717) is 0 Å². The highest BCUT2D eigenvalue weighted by Crippen LogP contribution is 2.00. The molecule has 16 heavy (non-hydrogen) atoms. The summed E-state index contributed by atoms with van der Waals surface area (Å²) in [5.41, 5.74) is 0. The lowest BCUT2D eigenvalue weighted by Gasteiger charge is -2.05. The lowest BCUT2D eigenvalue weighted by Crippen LogP contribution is -2.15. The van der Waals surface area contributed by atoms with Crippen LogP contribution in [0.5, 0.6) is 0 Å². The van der Waals surface area contributed by atoms with Crippen molar-refractivity contribution in [1.29, 1.82) is 0 Å². The lowest BCUT2D eigenvalue weighted by atomic mass is 10.2. The van der Waals surface area contributed by atoms with Gasteiger partial charge in [0.1, 0.15) is 0 Å². The quantitative estimate of drug-likeness (QED) is 0.486. The largest absolute Gasteiger partial charge is 0.381 e. The van der Waals surface area contributed by atoms with E-state index in [1.807, 2.05) is 0 Å². The van der Waals surface area contributed by atoms with Crippen molar-refractivity contribution in [3.63, 3.8) is 0 Å². The fourth-order valence-electron chi connectivity index (χ4n) is 1.67. The van der Waals surface area contributed by atoms with Crippen molar-refractivity contribution in [3.05, 3.63) is 0 Å². The summed E-state index contributed by atoms with van der Waals surface area (Å²) in [6.45, 7) is 8.71. The van der Waals surface area contributed by atoms with Gasteiger partial charge in [0.05, 0.1) is 0 Å². The molecule has 0 aromatic carbocycles. The number of unbranched alkanes of at least 4 members (excludes halogenated alkanes) is 5. The van der Waals surface area contributed by atoms with E-state index in [9.17, 15) is 0 Å². The zero-order valence-electron chi connectivity index (χ0n) is 11.4. The second-order valence-corrected chi connectivity index (χ2v) is 4.48. The fourth-order valence-corrected chi connectivity index (χ4v) is 1.67. The monoisotopic (exact) mass is 229 g/mol. The molecule has 0 heterocycles. The van der Waals surface area contributed by atoms with Gasteiger partial charge in [-0.1, -0.05) is 33.1 Å². The standard InChI is InChI=1S/C14H31NO/c1-3-5-6-9-13-16-14-10-7-8-12-15-11-4-2/h15H,3-14H2,1-2H3. The van der Waals surface area contributed by atoms with E-state index in [0.717, 1.165) is 19.8 Å². The molecule has 1 N–H and O–H groups in total. The molecule has 2 heteroatoms. The first kappa shape index (κ1) is 15.9. The molecule has 2 nitrogen and oxygen atoms in total. The normalized spacial score (nSPS) is 10.9. The summed E-state index contributed by atoms with van der Waals surface area (Å²) in [5.74, 6) is 0. The van der Waals surface area contributed by atoms with Gasteiger partial charge in [-0.15, -0.1) is 0 Å². The van der Waals surface area contributed by atoms with E-state index < -0.39 is 0 Å². The molecule has 0 aromatic rings. The van der Waals surface area contributed by atoms with Crippen LogP contribution in [0.1, 0.15) is 65.2 Å². The number of ether oxygens (including phenoxy) is 1. The van der Waals surface area contributed by atoms with Gasteiger partial charge in [-0.2, -0.15) is 0 Å². The summed E-state index contributed by atoms with van der Waals surface area (Å²) >= 11 is 0. The molecule has 0 unspecified atom stereocenters. The van der Waals surface area contributed by atoms with Crippen LogP contribution in [0.15, 0.2) is 0 Å². The minimum Gasteiger partial charge on any atom is -0.381 e. The molecule has 0 aromatic heterocycles. The van der Waals surface area contributed by atoms with E-state index in [-0.39, 0.29) is 0 Å². The average molecular weight is 229 g/mol. The Morgan fingerprint density at radius 3 is 2.00 bits per heavy atom. The number of nitrogens with one attached hydrogen (secondary N) is 1. The summed E-state index contributed by atoms with van der Waals surface area (Å²) in [6, 6.07) is 0. The third-order valence-corrected chi connectivity index (χ3v) is 2.71. The molecular formula is C14H31NO. The first-order valence-electron chi connectivity index (χ1n) is 7.20. The Bertz CT molecular complexity index is 103. The molecule has 0 aliphatic heterocycles. The summed E-state index contributed by atoms with van der Waals surface area (Å²) in [7, 11) is 0. The van der Waals surface area contributed by atoms with Crippen LogP contribution in [0.3, 0.4) is 0 Å². The van der Waals surface area contributed by atoms with Gasteiger partial charge in [-0.3, -0.25) is 0 Å². The third kappa shape index (κ3) is 13.9. The van der Waals surface area contributed by atoms with Crippen LogP contribution in [0.2, 0.25) is 0 Å². The van der Waals surface area contributed by atoms with E-state index in [4.69, 9.17) is 4.74 Å². The molecule has 0 saturated heterocycles. The van der Waals surface area contributed by atoms with E-state index in [2.05, 4.69) is 19.2 Å². The Labute approximate surface area is 102 Å². The smallest absolute Gasteiger partial charge is 0.0466 e. The van der Waals surface area contributed by atoms with Gasteiger partial charge in [0.25, 0.3) is 0 Å². The summed E-state index contributed by atoms with van der Waals surface area (Å²) < 4.78 is 5.59. The van der Waals surface area contributed by atoms with E-state index in [1.54, 1.807) is 0 Å². The van der Waals surface area contributed by atoms with Crippen LogP contribution in [-0.2, 0) is 4.74 Å². The molecule has 0 amide bonds. The molecular weight excluding hydrogens is 198 g/mol. The summed E-state index contributed by atoms with van der Waals surface area (Å²) in [4.78, 5) is 0. The Balaban J connectivity index is 2.83. The predicted octanol–water partition coefficient (Wildman–Crippen LogP) is 3.75. The molecule has 0 radical (unpaired) electrons. The highest BCUT2D eigenvalue weighted by molar-refractivity contribution is 4.47. The van der Waals surface area contributed by atoms with Gasteiger partial charge in [0, 0.05) is 13.2 Å². The first-order valence-corrected chi connectivity index (χ1v) is 7.20. The van der Waals surface area contributed by atoms with Crippen molar-refractivity contribution in [2.75, 3.05) is 26.3 Å². The van der Waals surface area contributed by atoms with Crippen molar-refractivity contribution in [1.82, 2.24) is 5.32 Å². The lowest BCUT2D eigenvalue weighted by molar-refractivity contribution is 0.126. The van der Waals surface area contributed by atoms with Gasteiger partial charge in [-0.25, -0.2) is 0 Å². The van der Waals surface area contributed by atoms with Crippen LogP contribution in [0, 0.1) is 0 Å². The molecule has 0 atom stereocenters. The fraction of sp³-hybridized carbons (Fsp3) is 1.00. The summed E-state index contributed by atoms with van der Waals surface area (Å²) in [6.07, 6.45) is 10.3. The third-order valence-electron chi connectivity index (χ3n) is 2.71. The van der Waals surface area contributed by atoms with Crippen molar-refractivity contribution in [3.8, 4) is 0 Å². The molecule has 0 aliphatic carbocycles. The van der Waals surface area contributed by atoms with Crippen LogP contribution in [0.4, 0.5) is 0 Å². The highest BCUT2D eigenvalue weighted by atomic mass is 16.5. The maximum absolute atomic E-state index is 5.59. The molecule has 0 spiro atoms. The van der Waals surface area contributed by atoms with E-state index in [1.165, 1.54) is 57.9 Å². The van der Waals surface area contributed by atoms with Gasteiger partial charge < -0.3 is 10.1 Å². The number of hydrogen-bond acceptors (Lipinski definition) is 2. The van der Waals surface area contributed by atoms with Crippen molar-refractivity contribution in [2.45, 2.75) is 65.2 Å². The SMILES string of the molecule is CCCCCCOCCCCCNCCC. The summed E-state index contributed by atoms with van der Waals surface area (Å²) in [5, 5.41) is 3.42. The predicted molar refractivity (Wildman–Crippen MR) is 72.0 cm³/mol. The van der Waals surface area contributed by atoms with Crippen molar-refractivity contribution in [2.24, 2.45) is 0 Å². The second kappa shape index (κ2) is 14.9. The molecule has 0 saturated carbocycles. The molecule has 0 fully saturated rings. The first-order chi connectivity index (χ1) is 7.91. The van der Waals surface area contributed by atoms with Crippen LogP contribution in [-0.4, -0.2) is 26.3 Å². The molecule has 0 rings (SSSR count). The van der Waals surface area contributed by atoms with Crippen molar-refractivity contribution >= 4 is 0 Å². The average Bonchev–Trinajstić information content (AvgIpc) is 2.31.